The van der Waals surface area contributed by atoms with Crippen LogP contribution in [0.25, 0.3) is 16.8 Å². The van der Waals surface area contributed by atoms with Crippen LogP contribution >= 0.6 is 0 Å². The molecule has 2 N–H and O–H groups in total. The number of fused-ring (bicyclic) bond motifs is 1. The first-order chi connectivity index (χ1) is 15.4. The molecule has 0 spiro atoms. The van der Waals surface area contributed by atoms with E-state index in [0.717, 1.165) is 58.7 Å². The summed E-state index contributed by atoms with van der Waals surface area (Å²) in [4.78, 5) is 16.4. The topological polar surface area (TPSA) is 74.8 Å². The maximum Gasteiger partial charge on any atom is 0.336 e. The monoisotopic (exact) mass is 428 g/mol. The zero-order valence-corrected chi connectivity index (χ0v) is 18.7. The Bertz CT molecular complexity index is 1270. The minimum atomic E-state index is -0.957. The molecule has 2 aromatic carbocycles. The summed E-state index contributed by atoms with van der Waals surface area (Å²) in [5.41, 5.74) is 7.35. The fourth-order valence-corrected chi connectivity index (χ4v) is 4.22. The number of aromatic carboxylic acids is 1. The van der Waals surface area contributed by atoms with Crippen molar-refractivity contribution in [1.29, 1.82) is 0 Å². The average Bonchev–Trinajstić information content (AvgIpc) is 3.15. The van der Waals surface area contributed by atoms with E-state index in [1.807, 2.05) is 49.4 Å². The van der Waals surface area contributed by atoms with Gasteiger partial charge >= 0.3 is 5.97 Å². The number of carboxylic acid groups (broad SMARTS) is 1. The van der Waals surface area contributed by atoms with E-state index in [2.05, 4.69) is 18.2 Å². The van der Waals surface area contributed by atoms with E-state index < -0.39 is 12.1 Å². The number of unbranched alkanes of at least 4 members (excludes halogenated alkanes) is 1. The van der Waals surface area contributed by atoms with Crippen LogP contribution in [0.5, 0.6) is 0 Å². The fourth-order valence-electron chi connectivity index (χ4n) is 4.22. The van der Waals surface area contributed by atoms with Crippen molar-refractivity contribution in [3.63, 3.8) is 0 Å². The van der Waals surface area contributed by atoms with Crippen molar-refractivity contribution in [1.82, 2.24) is 9.38 Å². The normalized spacial score (nSPS) is 12.2. The van der Waals surface area contributed by atoms with Crippen LogP contribution in [0.4, 0.5) is 0 Å². The third kappa shape index (κ3) is 3.92. The lowest BCUT2D eigenvalue weighted by Crippen LogP contribution is -2.08. The minimum absolute atomic E-state index is 0.259. The van der Waals surface area contributed by atoms with Crippen molar-refractivity contribution < 1.29 is 15.0 Å². The standard InChI is InChI=1S/C27H28N2O3/c1-4-5-10-23-18(3)29-24(16-11-17(2)26(29)28-23)25(30)20-14-12-19(13-15-20)21-8-6-7-9-22(21)27(31)32/h6-9,11-16,25,30H,4-5,10H2,1-3H3,(H,31,32)/t25-/m1/s1. The molecule has 164 valence electrons. The Morgan fingerprint density at radius 2 is 1.75 bits per heavy atom. The van der Waals surface area contributed by atoms with Crippen LogP contribution < -0.4 is 0 Å². The lowest BCUT2D eigenvalue weighted by atomic mass is 9.97. The molecular formula is C27H28N2O3. The fraction of sp³-hybridized carbons (Fsp3) is 0.259. The zero-order chi connectivity index (χ0) is 22.8. The van der Waals surface area contributed by atoms with Gasteiger partial charge in [-0.2, -0.15) is 0 Å². The van der Waals surface area contributed by atoms with Crippen molar-refractivity contribution >= 4 is 11.6 Å². The molecule has 32 heavy (non-hydrogen) atoms. The molecule has 0 aliphatic heterocycles. The zero-order valence-electron chi connectivity index (χ0n) is 18.7. The van der Waals surface area contributed by atoms with Gasteiger partial charge in [0, 0.05) is 5.69 Å². The Hall–Kier alpha value is -3.44. The maximum absolute atomic E-state index is 11.6. The minimum Gasteiger partial charge on any atom is -0.478 e. The van der Waals surface area contributed by atoms with Gasteiger partial charge in [-0.15, -0.1) is 0 Å². The number of carbonyl (C=O) groups is 1. The van der Waals surface area contributed by atoms with Gasteiger partial charge in [-0.05, 0) is 61.1 Å². The summed E-state index contributed by atoms with van der Waals surface area (Å²) in [6.45, 7) is 6.27. The molecule has 0 amide bonds. The van der Waals surface area contributed by atoms with E-state index in [9.17, 15) is 15.0 Å². The first-order valence-electron chi connectivity index (χ1n) is 11.0. The molecule has 0 fully saturated rings. The van der Waals surface area contributed by atoms with Gasteiger partial charge in [0.25, 0.3) is 0 Å². The average molecular weight is 429 g/mol. The summed E-state index contributed by atoms with van der Waals surface area (Å²) >= 11 is 0. The highest BCUT2D eigenvalue weighted by Crippen LogP contribution is 2.30. The summed E-state index contributed by atoms with van der Waals surface area (Å²) in [5.74, 6) is -0.957. The summed E-state index contributed by atoms with van der Waals surface area (Å²) in [7, 11) is 0. The van der Waals surface area contributed by atoms with Gasteiger partial charge in [-0.25, -0.2) is 9.78 Å². The Morgan fingerprint density at radius 1 is 1.03 bits per heavy atom. The second kappa shape index (κ2) is 8.97. The van der Waals surface area contributed by atoms with Gasteiger partial charge in [-0.3, -0.25) is 4.40 Å². The van der Waals surface area contributed by atoms with Gasteiger partial charge < -0.3 is 10.2 Å². The quantitative estimate of drug-likeness (QED) is 0.394. The second-order valence-corrected chi connectivity index (χ2v) is 8.22. The number of hydrogen-bond acceptors (Lipinski definition) is 3. The van der Waals surface area contributed by atoms with Crippen LogP contribution in [0, 0.1) is 13.8 Å². The Balaban J connectivity index is 1.72. The number of aliphatic hydroxyl groups excluding tert-OH is 1. The van der Waals surface area contributed by atoms with Gasteiger partial charge in [0.15, 0.2) is 0 Å². The third-order valence-corrected chi connectivity index (χ3v) is 6.06. The van der Waals surface area contributed by atoms with Crippen LogP contribution in [0.3, 0.4) is 0 Å². The molecule has 0 saturated carbocycles. The van der Waals surface area contributed by atoms with Crippen LogP contribution in [0.2, 0.25) is 0 Å². The molecule has 0 bridgehead atoms. The number of rotatable bonds is 7. The molecule has 0 aliphatic carbocycles. The van der Waals surface area contributed by atoms with E-state index in [1.165, 1.54) is 0 Å². The van der Waals surface area contributed by atoms with Crippen LogP contribution in [-0.2, 0) is 6.42 Å². The van der Waals surface area contributed by atoms with Gasteiger partial charge in [0.05, 0.1) is 17.0 Å². The van der Waals surface area contributed by atoms with E-state index in [-0.39, 0.29) is 5.56 Å². The number of carboxylic acids is 1. The highest BCUT2D eigenvalue weighted by molar-refractivity contribution is 5.96. The molecule has 2 aromatic heterocycles. The van der Waals surface area contributed by atoms with Crippen molar-refractivity contribution in [3.05, 3.63) is 94.4 Å². The first kappa shape index (κ1) is 21.8. The maximum atomic E-state index is 11.6. The van der Waals surface area contributed by atoms with E-state index in [1.54, 1.807) is 18.2 Å². The van der Waals surface area contributed by atoms with E-state index in [0.29, 0.717) is 5.56 Å². The predicted octanol–water partition coefficient (Wildman–Crippen LogP) is 5.74. The van der Waals surface area contributed by atoms with Crippen molar-refractivity contribution in [2.75, 3.05) is 0 Å². The largest absolute Gasteiger partial charge is 0.478 e. The molecule has 5 heteroatoms. The lowest BCUT2D eigenvalue weighted by molar-refractivity contribution is 0.0697. The molecule has 0 radical (unpaired) electrons. The molecular weight excluding hydrogens is 400 g/mol. The molecule has 5 nitrogen and oxygen atoms in total. The molecule has 1 atom stereocenters. The summed E-state index contributed by atoms with van der Waals surface area (Å²) < 4.78 is 2.07. The second-order valence-electron chi connectivity index (χ2n) is 8.22. The number of nitrogens with zero attached hydrogens (tertiary/aromatic N) is 2. The highest BCUT2D eigenvalue weighted by atomic mass is 16.4. The van der Waals surface area contributed by atoms with Crippen LogP contribution in [-0.4, -0.2) is 25.6 Å². The smallest absolute Gasteiger partial charge is 0.336 e. The van der Waals surface area contributed by atoms with Crippen LogP contribution in [0.1, 0.15) is 64.4 Å². The van der Waals surface area contributed by atoms with Crippen molar-refractivity contribution in [2.24, 2.45) is 0 Å². The molecule has 4 rings (SSSR count). The van der Waals surface area contributed by atoms with E-state index in [4.69, 9.17) is 4.98 Å². The molecule has 4 aromatic rings. The number of pyridine rings is 1. The van der Waals surface area contributed by atoms with Gasteiger partial charge in [-0.1, -0.05) is 61.9 Å². The summed E-state index contributed by atoms with van der Waals surface area (Å²) in [6, 6.07) is 18.3. The van der Waals surface area contributed by atoms with E-state index >= 15 is 0 Å². The molecule has 0 saturated heterocycles. The molecule has 2 heterocycles. The number of imidazole rings is 1. The Kier molecular flexibility index (Phi) is 6.10. The van der Waals surface area contributed by atoms with Crippen molar-refractivity contribution in [3.8, 4) is 11.1 Å². The first-order valence-corrected chi connectivity index (χ1v) is 11.0. The summed E-state index contributed by atoms with van der Waals surface area (Å²) in [5, 5.41) is 20.7. The number of hydrogen-bond donors (Lipinski definition) is 2. The van der Waals surface area contributed by atoms with Gasteiger partial charge in [0.1, 0.15) is 11.8 Å². The lowest BCUT2D eigenvalue weighted by Gasteiger charge is -2.16. The third-order valence-electron chi connectivity index (χ3n) is 6.06. The SMILES string of the molecule is CCCCc1nc2c(C)ccc([C@H](O)c3ccc(-c4ccccc4C(=O)O)cc3)n2c1C. The van der Waals surface area contributed by atoms with Crippen LogP contribution in [0.15, 0.2) is 60.7 Å². The number of aromatic nitrogens is 2. The Labute approximate surface area is 188 Å². The van der Waals surface area contributed by atoms with Crippen molar-refractivity contribution in [2.45, 2.75) is 46.1 Å². The highest BCUT2D eigenvalue weighted by Gasteiger charge is 2.19. The number of aliphatic hydroxyl groups is 1. The number of aryl methyl sites for hydroxylation is 3. The molecule has 0 unspecified atom stereocenters. The Morgan fingerprint density at radius 3 is 2.44 bits per heavy atom. The van der Waals surface area contributed by atoms with Gasteiger partial charge in [0.2, 0.25) is 0 Å². The molecule has 0 aliphatic rings. The summed E-state index contributed by atoms with van der Waals surface area (Å²) in [6.07, 6.45) is 2.30. The predicted molar refractivity (Wildman–Crippen MR) is 126 cm³/mol. The number of benzene rings is 2.